The number of rotatable bonds is 8. The van der Waals surface area contributed by atoms with E-state index in [9.17, 15) is 0 Å². The molecule has 0 bridgehead atoms. The molecule has 0 aliphatic carbocycles. The van der Waals surface area contributed by atoms with Crippen molar-refractivity contribution < 1.29 is 0 Å². The van der Waals surface area contributed by atoms with Gasteiger partial charge in [-0.3, -0.25) is 0 Å². The highest BCUT2D eigenvalue weighted by molar-refractivity contribution is 5.65. The summed E-state index contributed by atoms with van der Waals surface area (Å²) in [6.45, 7) is 7.36. The predicted molar refractivity (Wildman–Crippen MR) is 84.4 cm³/mol. The second-order valence-corrected chi connectivity index (χ2v) is 5.20. The van der Waals surface area contributed by atoms with Gasteiger partial charge in [0.25, 0.3) is 0 Å². The van der Waals surface area contributed by atoms with Crippen molar-refractivity contribution in [1.82, 2.24) is 14.4 Å². The van der Waals surface area contributed by atoms with Crippen LogP contribution in [0.3, 0.4) is 0 Å². The van der Waals surface area contributed by atoms with E-state index in [-0.39, 0.29) is 0 Å². The number of fused-ring (bicyclic) bond motifs is 1. The first-order valence-corrected chi connectivity index (χ1v) is 7.58. The number of anilines is 2. The van der Waals surface area contributed by atoms with Gasteiger partial charge in [-0.05, 0) is 20.3 Å². The summed E-state index contributed by atoms with van der Waals surface area (Å²) in [5, 5.41) is 6.75. The van der Waals surface area contributed by atoms with Gasteiger partial charge in [0.1, 0.15) is 5.82 Å². The molecule has 0 saturated carbocycles. The summed E-state index contributed by atoms with van der Waals surface area (Å²) in [4.78, 5) is 9.01. The Morgan fingerprint density at radius 3 is 2.90 bits per heavy atom. The molecular formula is C15H25N5. The van der Waals surface area contributed by atoms with Crippen LogP contribution < -0.4 is 10.6 Å². The molecular weight excluding hydrogens is 250 g/mol. The molecule has 5 heteroatoms. The molecule has 0 aliphatic heterocycles. The number of nitrogens with zero attached hydrogens (tertiary/aromatic N) is 3. The second kappa shape index (κ2) is 7.12. The van der Waals surface area contributed by atoms with E-state index >= 15 is 0 Å². The monoisotopic (exact) mass is 275 g/mol. The van der Waals surface area contributed by atoms with Crippen molar-refractivity contribution in [1.29, 1.82) is 0 Å². The van der Waals surface area contributed by atoms with Crippen LogP contribution in [0.2, 0.25) is 0 Å². The maximum absolute atomic E-state index is 4.63. The molecule has 0 fully saturated rings. The lowest BCUT2D eigenvalue weighted by atomic mass is 10.1. The minimum Gasteiger partial charge on any atom is -0.369 e. The molecule has 0 aromatic carbocycles. The van der Waals surface area contributed by atoms with E-state index in [1.165, 1.54) is 19.3 Å². The van der Waals surface area contributed by atoms with Crippen molar-refractivity contribution in [3.05, 3.63) is 18.6 Å². The van der Waals surface area contributed by atoms with Gasteiger partial charge in [-0.2, -0.15) is 0 Å². The molecule has 2 aromatic heterocycles. The Kier molecular flexibility index (Phi) is 5.21. The third-order valence-electron chi connectivity index (χ3n) is 3.36. The molecule has 5 nitrogen and oxygen atoms in total. The molecule has 2 aromatic rings. The van der Waals surface area contributed by atoms with Gasteiger partial charge in [0.2, 0.25) is 0 Å². The van der Waals surface area contributed by atoms with Gasteiger partial charge in [0.15, 0.2) is 11.5 Å². The van der Waals surface area contributed by atoms with E-state index in [1.807, 2.05) is 16.8 Å². The highest BCUT2D eigenvalue weighted by Gasteiger charge is 2.10. The number of imidazole rings is 1. The van der Waals surface area contributed by atoms with Crippen molar-refractivity contribution in [2.45, 2.75) is 52.5 Å². The van der Waals surface area contributed by atoms with E-state index in [2.05, 4.69) is 41.4 Å². The summed E-state index contributed by atoms with van der Waals surface area (Å²) in [5.41, 5.74) is 0.883. The first kappa shape index (κ1) is 14.6. The molecule has 20 heavy (non-hydrogen) atoms. The first-order chi connectivity index (χ1) is 9.74. The van der Waals surface area contributed by atoms with Crippen molar-refractivity contribution in [3.8, 4) is 0 Å². The van der Waals surface area contributed by atoms with Gasteiger partial charge in [0, 0.05) is 25.0 Å². The Bertz CT molecular complexity index is 534. The zero-order valence-corrected chi connectivity index (χ0v) is 12.7. The Labute approximate surface area is 120 Å². The number of hydrogen-bond donors (Lipinski definition) is 2. The fourth-order valence-electron chi connectivity index (χ4n) is 2.30. The summed E-state index contributed by atoms with van der Waals surface area (Å²) in [6.07, 6.45) is 10.7. The summed E-state index contributed by atoms with van der Waals surface area (Å²) < 4.78 is 2.01. The zero-order chi connectivity index (χ0) is 14.4. The third kappa shape index (κ3) is 3.62. The average molecular weight is 275 g/mol. The molecule has 110 valence electrons. The standard InChI is InChI=1S/C15H25N5/c1-4-6-7-8-12(3)18-14-15-17-9-10-20(15)11-13(19-14)16-5-2/h9-12,16H,4-8H2,1-3H3,(H,18,19). The summed E-state index contributed by atoms with van der Waals surface area (Å²) in [7, 11) is 0. The van der Waals surface area contributed by atoms with Gasteiger partial charge >= 0.3 is 0 Å². The molecule has 1 unspecified atom stereocenters. The van der Waals surface area contributed by atoms with E-state index in [1.54, 1.807) is 6.20 Å². The molecule has 0 amide bonds. The van der Waals surface area contributed by atoms with Gasteiger partial charge in [-0.25, -0.2) is 9.97 Å². The van der Waals surface area contributed by atoms with Crippen LogP contribution in [0.4, 0.5) is 11.6 Å². The van der Waals surface area contributed by atoms with Gasteiger partial charge in [-0.1, -0.05) is 26.2 Å². The molecule has 2 heterocycles. The normalized spacial score (nSPS) is 12.6. The van der Waals surface area contributed by atoms with Crippen LogP contribution in [-0.2, 0) is 0 Å². The summed E-state index contributed by atoms with van der Waals surface area (Å²) >= 11 is 0. The summed E-state index contributed by atoms with van der Waals surface area (Å²) in [6, 6.07) is 0.409. The smallest absolute Gasteiger partial charge is 0.180 e. The van der Waals surface area contributed by atoms with Crippen LogP contribution >= 0.6 is 0 Å². The lowest BCUT2D eigenvalue weighted by molar-refractivity contribution is 0.614. The van der Waals surface area contributed by atoms with Crippen molar-refractivity contribution in [2.75, 3.05) is 17.2 Å². The lowest BCUT2D eigenvalue weighted by Gasteiger charge is -2.16. The van der Waals surface area contributed by atoms with Gasteiger partial charge in [-0.15, -0.1) is 0 Å². The Morgan fingerprint density at radius 1 is 1.30 bits per heavy atom. The van der Waals surface area contributed by atoms with Gasteiger partial charge in [0.05, 0.1) is 6.20 Å². The molecule has 0 aliphatic rings. The lowest BCUT2D eigenvalue weighted by Crippen LogP contribution is -2.17. The van der Waals surface area contributed by atoms with Crippen molar-refractivity contribution >= 4 is 17.3 Å². The average Bonchev–Trinajstić information content (AvgIpc) is 2.88. The number of aromatic nitrogens is 3. The van der Waals surface area contributed by atoms with E-state index in [0.717, 1.165) is 30.2 Å². The second-order valence-electron chi connectivity index (χ2n) is 5.20. The van der Waals surface area contributed by atoms with Crippen LogP contribution in [0, 0.1) is 0 Å². The van der Waals surface area contributed by atoms with Crippen LogP contribution in [0.15, 0.2) is 18.6 Å². The summed E-state index contributed by atoms with van der Waals surface area (Å²) in [5.74, 6) is 1.73. The van der Waals surface area contributed by atoms with E-state index in [0.29, 0.717) is 6.04 Å². The Balaban J connectivity index is 2.12. The Hall–Kier alpha value is -1.78. The van der Waals surface area contributed by atoms with E-state index < -0.39 is 0 Å². The van der Waals surface area contributed by atoms with Crippen molar-refractivity contribution in [2.24, 2.45) is 0 Å². The molecule has 0 radical (unpaired) electrons. The highest BCUT2D eigenvalue weighted by Crippen LogP contribution is 2.18. The third-order valence-corrected chi connectivity index (χ3v) is 3.36. The van der Waals surface area contributed by atoms with Gasteiger partial charge < -0.3 is 15.0 Å². The van der Waals surface area contributed by atoms with Crippen LogP contribution in [0.1, 0.15) is 46.5 Å². The highest BCUT2D eigenvalue weighted by atomic mass is 15.1. The van der Waals surface area contributed by atoms with Crippen LogP contribution in [0.5, 0.6) is 0 Å². The van der Waals surface area contributed by atoms with Crippen molar-refractivity contribution in [3.63, 3.8) is 0 Å². The molecule has 2 N–H and O–H groups in total. The number of hydrogen-bond acceptors (Lipinski definition) is 4. The minimum absolute atomic E-state index is 0.409. The topological polar surface area (TPSA) is 54.2 Å². The molecule has 2 rings (SSSR count). The molecule has 0 spiro atoms. The zero-order valence-electron chi connectivity index (χ0n) is 12.7. The van der Waals surface area contributed by atoms with Crippen LogP contribution in [0.25, 0.3) is 5.65 Å². The number of nitrogens with one attached hydrogen (secondary N) is 2. The first-order valence-electron chi connectivity index (χ1n) is 7.58. The molecule has 1 atom stereocenters. The number of unbranched alkanes of at least 4 members (excludes halogenated alkanes) is 2. The largest absolute Gasteiger partial charge is 0.369 e. The predicted octanol–water partition coefficient (Wildman–Crippen LogP) is 3.54. The Morgan fingerprint density at radius 2 is 2.15 bits per heavy atom. The van der Waals surface area contributed by atoms with Crippen LogP contribution in [-0.4, -0.2) is 27.0 Å². The maximum atomic E-state index is 4.63. The quantitative estimate of drug-likeness (QED) is 0.723. The fourth-order valence-corrected chi connectivity index (χ4v) is 2.30. The minimum atomic E-state index is 0.409. The SMILES string of the molecule is CCCCCC(C)Nc1nc(NCC)cn2ccnc12. The molecule has 0 saturated heterocycles. The maximum Gasteiger partial charge on any atom is 0.180 e. The van der Waals surface area contributed by atoms with E-state index in [4.69, 9.17) is 0 Å². The fraction of sp³-hybridized carbons (Fsp3) is 0.600.